The van der Waals surface area contributed by atoms with Crippen LogP contribution in [0, 0.1) is 12.8 Å². The minimum atomic E-state index is -0.401. The number of rotatable bonds is 4. The maximum atomic E-state index is 12.4. The Morgan fingerprint density at radius 3 is 2.80 bits per heavy atom. The first kappa shape index (κ1) is 16.9. The van der Waals surface area contributed by atoms with Crippen LogP contribution in [0.2, 0.25) is 0 Å². The van der Waals surface area contributed by atoms with Crippen molar-refractivity contribution in [2.45, 2.75) is 26.3 Å². The minimum Gasteiger partial charge on any atom is -0.347 e. The van der Waals surface area contributed by atoms with Crippen molar-refractivity contribution in [1.29, 1.82) is 0 Å². The number of nitrogens with zero attached hydrogens (tertiary/aromatic N) is 3. The van der Waals surface area contributed by atoms with Gasteiger partial charge >= 0.3 is 0 Å². The smallest absolute Gasteiger partial charge is 0.260 e. The van der Waals surface area contributed by atoms with Gasteiger partial charge in [0.15, 0.2) is 5.82 Å². The van der Waals surface area contributed by atoms with Gasteiger partial charge < -0.3 is 19.7 Å². The van der Waals surface area contributed by atoms with Crippen LogP contribution in [-0.2, 0) is 11.3 Å². The quantitative estimate of drug-likeness (QED) is 0.818. The normalized spacial score (nSPS) is 15.2. The number of likely N-dealkylation sites (tertiary alicyclic amines) is 1. The lowest BCUT2D eigenvalue weighted by atomic mass is 9.95. The first-order chi connectivity index (χ1) is 12.0. The summed E-state index contributed by atoms with van der Waals surface area (Å²) < 4.78 is 4.95. The van der Waals surface area contributed by atoms with E-state index in [0.29, 0.717) is 37.6 Å². The van der Waals surface area contributed by atoms with Crippen LogP contribution in [0.3, 0.4) is 0 Å². The molecule has 0 saturated carbocycles. The van der Waals surface area contributed by atoms with E-state index in [4.69, 9.17) is 4.52 Å². The second kappa shape index (κ2) is 7.29. The molecule has 2 N–H and O–H groups in total. The molecule has 3 heterocycles. The van der Waals surface area contributed by atoms with Crippen molar-refractivity contribution >= 4 is 11.8 Å². The number of aromatic amines is 1. The fraction of sp³-hybridized carbons (Fsp3) is 0.438. The zero-order valence-electron chi connectivity index (χ0n) is 13.8. The molecule has 9 nitrogen and oxygen atoms in total. The summed E-state index contributed by atoms with van der Waals surface area (Å²) >= 11 is 0. The molecule has 2 aromatic heterocycles. The Kier molecular flexibility index (Phi) is 4.92. The van der Waals surface area contributed by atoms with E-state index in [1.54, 1.807) is 17.9 Å². The summed E-state index contributed by atoms with van der Waals surface area (Å²) in [5, 5.41) is 6.44. The second-order valence-electron chi connectivity index (χ2n) is 5.93. The van der Waals surface area contributed by atoms with Gasteiger partial charge in [0.1, 0.15) is 5.56 Å². The van der Waals surface area contributed by atoms with Crippen molar-refractivity contribution in [3.05, 3.63) is 46.0 Å². The van der Waals surface area contributed by atoms with Gasteiger partial charge in [0.05, 0.1) is 6.54 Å². The Bertz CT molecular complexity index is 820. The Labute approximate surface area is 143 Å². The SMILES string of the molecule is Cc1noc(CNC(=O)C2CCN(C(=O)c3ccc[nH]c3=O)CC2)n1. The van der Waals surface area contributed by atoms with Crippen LogP contribution in [0.25, 0.3) is 0 Å². The molecule has 0 radical (unpaired) electrons. The summed E-state index contributed by atoms with van der Waals surface area (Å²) in [6.45, 7) is 2.77. The van der Waals surface area contributed by atoms with Gasteiger partial charge in [-0.25, -0.2) is 0 Å². The average molecular weight is 345 g/mol. The fourth-order valence-corrected chi connectivity index (χ4v) is 2.82. The van der Waals surface area contributed by atoms with Crippen LogP contribution in [-0.4, -0.2) is 44.9 Å². The molecular weight excluding hydrogens is 326 g/mol. The zero-order valence-corrected chi connectivity index (χ0v) is 13.8. The molecular formula is C16H19N5O4. The molecule has 0 spiro atoms. The second-order valence-corrected chi connectivity index (χ2v) is 5.93. The van der Waals surface area contributed by atoms with Crippen molar-refractivity contribution in [1.82, 2.24) is 25.3 Å². The van der Waals surface area contributed by atoms with Crippen LogP contribution in [0.4, 0.5) is 0 Å². The first-order valence-electron chi connectivity index (χ1n) is 8.08. The molecule has 0 atom stereocenters. The third-order valence-electron chi connectivity index (χ3n) is 4.19. The van der Waals surface area contributed by atoms with E-state index < -0.39 is 5.56 Å². The van der Waals surface area contributed by atoms with Gasteiger partial charge in [-0.2, -0.15) is 4.98 Å². The summed E-state index contributed by atoms with van der Waals surface area (Å²) in [7, 11) is 0. The van der Waals surface area contributed by atoms with Crippen molar-refractivity contribution in [3.8, 4) is 0 Å². The third-order valence-corrected chi connectivity index (χ3v) is 4.19. The molecule has 0 unspecified atom stereocenters. The molecule has 1 saturated heterocycles. The molecule has 0 bridgehead atoms. The number of pyridine rings is 1. The lowest BCUT2D eigenvalue weighted by molar-refractivity contribution is -0.126. The van der Waals surface area contributed by atoms with Crippen LogP contribution in [0.1, 0.15) is 34.9 Å². The van der Waals surface area contributed by atoms with Crippen LogP contribution >= 0.6 is 0 Å². The Hall–Kier alpha value is -2.97. The predicted octanol–water partition coefficient (Wildman–Crippen LogP) is 0.235. The third kappa shape index (κ3) is 3.93. The topological polar surface area (TPSA) is 121 Å². The van der Waals surface area contributed by atoms with Gasteiger partial charge in [0.25, 0.3) is 11.5 Å². The standard InChI is InChI=1S/C16H19N5O4/c1-10-19-13(25-20-10)9-18-14(22)11-4-7-21(8-5-11)16(24)12-3-2-6-17-15(12)23/h2-3,6,11H,4-5,7-9H2,1H3,(H,17,23)(H,18,22). The van der Waals surface area contributed by atoms with Crippen molar-refractivity contribution < 1.29 is 14.1 Å². The van der Waals surface area contributed by atoms with E-state index in [2.05, 4.69) is 20.4 Å². The van der Waals surface area contributed by atoms with Crippen LogP contribution in [0.15, 0.2) is 27.6 Å². The molecule has 3 rings (SSSR count). The Balaban J connectivity index is 1.51. The Morgan fingerprint density at radius 2 is 2.16 bits per heavy atom. The van der Waals surface area contributed by atoms with E-state index in [0.717, 1.165) is 0 Å². The van der Waals surface area contributed by atoms with Crippen molar-refractivity contribution in [3.63, 3.8) is 0 Å². The summed E-state index contributed by atoms with van der Waals surface area (Å²) in [4.78, 5) is 44.4. The molecule has 1 aliphatic heterocycles. The van der Waals surface area contributed by atoms with E-state index in [1.165, 1.54) is 12.3 Å². The van der Waals surface area contributed by atoms with Gasteiger partial charge in [0.2, 0.25) is 11.8 Å². The number of hydrogen-bond acceptors (Lipinski definition) is 6. The zero-order chi connectivity index (χ0) is 17.8. The molecule has 9 heteroatoms. The highest BCUT2D eigenvalue weighted by Gasteiger charge is 2.28. The molecule has 0 aliphatic carbocycles. The maximum absolute atomic E-state index is 12.4. The van der Waals surface area contributed by atoms with Crippen molar-refractivity contribution in [2.24, 2.45) is 5.92 Å². The maximum Gasteiger partial charge on any atom is 0.260 e. The van der Waals surface area contributed by atoms with E-state index in [-0.39, 0.29) is 29.8 Å². The molecule has 132 valence electrons. The van der Waals surface area contributed by atoms with Crippen LogP contribution in [0.5, 0.6) is 0 Å². The number of hydrogen-bond donors (Lipinski definition) is 2. The minimum absolute atomic E-state index is 0.0967. The summed E-state index contributed by atoms with van der Waals surface area (Å²) in [5.41, 5.74) is -0.278. The molecule has 1 fully saturated rings. The highest BCUT2D eigenvalue weighted by molar-refractivity contribution is 5.94. The number of piperidine rings is 1. The molecule has 0 aromatic carbocycles. The number of H-pyrrole nitrogens is 1. The largest absolute Gasteiger partial charge is 0.347 e. The summed E-state index contributed by atoms with van der Waals surface area (Å²) in [5.74, 6) is 0.304. The lowest BCUT2D eigenvalue weighted by Crippen LogP contribution is -2.44. The van der Waals surface area contributed by atoms with Gasteiger partial charge in [-0.15, -0.1) is 0 Å². The van der Waals surface area contributed by atoms with E-state index >= 15 is 0 Å². The predicted molar refractivity (Wildman–Crippen MR) is 86.6 cm³/mol. The molecule has 25 heavy (non-hydrogen) atoms. The summed E-state index contributed by atoms with van der Waals surface area (Å²) in [6, 6.07) is 3.13. The number of nitrogens with one attached hydrogen (secondary N) is 2. The summed E-state index contributed by atoms with van der Waals surface area (Å²) in [6.07, 6.45) is 2.58. The first-order valence-corrected chi connectivity index (χ1v) is 8.08. The molecule has 1 aliphatic rings. The molecule has 2 aromatic rings. The number of amides is 2. The van der Waals surface area contributed by atoms with Gasteiger partial charge in [0, 0.05) is 25.2 Å². The highest BCUT2D eigenvalue weighted by atomic mass is 16.5. The fourth-order valence-electron chi connectivity index (χ4n) is 2.82. The highest BCUT2D eigenvalue weighted by Crippen LogP contribution is 2.18. The van der Waals surface area contributed by atoms with Gasteiger partial charge in [-0.05, 0) is 31.9 Å². The monoisotopic (exact) mass is 345 g/mol. The van der Waals surface area contributed by atoms with Crippen molar-refractivity contribution in [2.75, 3.05) is 13.1 Å². The number of aromatic nitrogens is 3. The van der Waals surface area contributed by atoms with E-state index in [9.17, 15) is 14.4 Å². The molecule has 2 amide bonds. The average Bonchev–Trinajstić information content (AvgIpc) is 3.05. The van der Waals surface area contributed by atoms with E-state index in [1.807, 2.05) is 0 Å². The number of carbonyl (C=O) groups excluding carboxylic acids is 2. The number of carbonyl (C=O) groups is 2. The van der Waals surface area contributed by atoms with Gasteiger partial charge in [-0.1, -0.05) is 5.16 Å². The van der Waals surface area contributed by atoms with Gasteiger partial charge in [-0.3, -0.25) is 14.4 Å². The number of aryl methyl sites for hydroxylation is 1. The van der Waals surface area contributed by atoms with Crippen LogP contribution < -0.4 is 10.9 Å². The Morgan fingerprint density at radius 1 is 1.40 bits per heavy atom. The lowest BCUT2D eigenvalue weighted by Gasteiger charge is -2.31.